The van der Waals surface area contributed by atoms with Gasteiger partial charge in [-0.25, -0.2) is 13.1 Å². The Labute approximate surface area is 170 Å². The lowest BCUT2D eigenvalue weighted by Crippen LogP contribution is -2.47. The Hall–Kier alpha value is -2.09. The molecule has 8 heteroatoms. The van der Waals surface area contributed by atoms with Gasteiger partial charge in [-0.3, -0.25) is 4.79 Å². The summed E-state index contributed by atoms with van der Waals surface area (Å²) in [5.41, 5.74) is 1.13. The second-order valence-electron chi connectivity index (χ2n) is 6.83. The highest BCUT2D eigenvalue weighted by atomic mass is 35.5. The minimum Gasteiger partial charge on any atom is -0.484 e. The van der Waals surface area contributed by atoms with Crippen LogP contribution in [-0.4, -0.2) is 45.0 Å². The zero-order chi connectivity index (χ0) is 20.1. The molecule has 150 valence electrons. The number of ether oxygens (including phenoxy) is 1. The number of likely N-dealkylation sites (tertiary alicyclic amines) is 1. The van der Waals surface area contributed by atoms with Gasteiger partial charge in [0.05, 0.1) is 4.90 Å². The number of aryl methyl sites for hydroxylation is 1. The summed E-state index contributed by atoms with van der Waals surface area (Å²) in [5.74, 6) is 0.559. The summed E-state index contributed by atoms with van der Waals surface area (Å²) in [6.07, 6.45) is 1.12. The monoisotopic (exact) mass is 422 g/mol. The van der Waals surface area contributed by atoms with Crippen molar-refractivity contribution in [3.63, 3.8) is 0 Å². The molecule has 1 aliphatic heterocycles. The first-order valence-electron chi connectivity index (χ1n) is 9.09. The molecule has 0 spiro atoms. The van der Waals surface area contributed by atoms with Gasteiger partial charge in [-0.2, -0.15) is 0 Å². The minimum absolute atomic E-state index is 0.0236. The molecule has 0 radical (unpaired) electrons. The van der Waals surface area contributed by atoms with E-state index in [4.69, 9.17) is 16.3 Å². The van der Waals surface area contributed by atoms with Crippen LogP contribution in [0.1, 0.15) is 18.4 Å². The van der Waals surface area contributed by atoms with E-state index >= 15 is 0 Å². The van der Waals surface area contributed by atoms with Gasteiger partial charge in [-0.05, 0) is 56.2 Å². The lowest BCUT2D eigenvalue weighted by molar-refractivity contribution is -0.134. The fourth-order valence-electron chi connectivity index (χ4n) is 3.02. The van der Waals surface area contributed by atoms with Crippen molar-refractivity contribution in [3.8, 4) is 5.75 Å². The first-order chi connectivity index (χ1) is 13.3. The van der Waals surface area contributed by atoms with Gasteiger partial charge in [0.15, 0.2) is 6.61 Å². The Morgan fingerprint density at radius 3 is 2.32 bits per heavy atom. The van der Waals surface area contributed by atoms with Crippen molar-refractivity contribution in [3.05, 3.63) is 59.1 Å². The lowest BCUT2D eigenvalue weighted by atomic mass is 10.1. The van der Waals surface area contributed by atoms with Crippen molar-refractivity contribution in [1.82, 2.24) is 9.62 Å². The number of hydrogen-bond donors (Lipinski definition) is 1. The Bertz CT molecular complexity index is 906. The molecule has 1 N–H and O–H groups in total. The van der Waals surface area contributed by atoms with Crippen LogP contribution in [0, 0.1) is 6.92 Å². The quantitative estimate of drug-likeness (QED) is 0.776. The van der Waals surface area contributed by atoms with E-state index in [9.17, 15) is 13.2 Å². The van der Waals surface area contributed by atoms with Gasteiger partial charge in [0.2, 0.25) is 10.0 Å². The third-order valence-electron chi connectivity index (χ3n) is 4.68. The summed E-state index contributed by atoms with van der Waals surface area (Å²) >= 11 is 5.81. The summed E-state index contributed by atoms with van der Waals surface area (Å²) < 4.78 is 33.2. The van der Waals surface area contributed by atoms with Crippen LogP contribution < -0.4 is 9.46 Å². The number of sulfonamides is 1. The van der Waals surface area contributed by atoms with Crippen LogP contribution in [0.5, 0.6) is 5.75 Å². The molecule has 28 heavy (non-hydrogen) atoms. The van der Waals surface area contributed by atoms with Crippen molar-refractivity contribution >= 4 is 27.5 Å². The maximum atomic E-state index is 12.5. The molecule has 2 aromatic carbocycles. The summed E-state index contributed by atoms with van der Waals surface area (Å²) in [4.78, 5) is 14.2. The molecular weight excluding hydrogens is 400 g/mol. The number of carbonyl (C=O) groups excluding carboxylic acids is 1. The standard InChI is InChI=1S/C20H23ClN2O4S/c1-15-2-6-18(7-3-15)27-14-20(24)23-12-10-17(11-13-23)22-28(25,26)19-8-4-16(21)5-9-19/h2-9,17,22H,10-14H2,1H3. The summed E-state index contributed by atoms with van der Waals surface area (Å²) in [7, 11) is -3.60. The van der Waals surface area contributed by atoms with E-state index in [1.165, 1.54) is 12.1 Å². The molecule has 0 bridgehead atoms. The SMILES string of the molecule is Cc1ccc(OCC(=O)N2CCC(NS(=O)(=O)c3ccc(Cl)cc3)CC2)cc1. The van der Waals surface area contributed by atoms with Crippen LogP contribution in [0.4, 0.5) is 0 Å². The number of carbonyl (C=O) groups is 1. The highest BCUT2D eigenvalue weighted by molar-refractivity contribution is 7.89. The highest BCUT2D eigenvalue weighted by Crippen LogP contribution is 2.18. The number of amides is 1. The van der Waals surface area contributed by atoms with E-state index in [-0.39, 0.29) is 23.5 Å². The minimum atomic E-state index is -3.60. The molecule has 0 aliphatic carbocycles. The van der Waals surface area contributed by atoms with Crippen LogP contribution in [-0.2, 0) is 14.8 Å². The number of hydrogen-bond acceptors (Lipinski definition) is 4. The third-order valence-corrected chi connectivity index (χ3v) is 6.47. The van der Waals surface area contributed by atoms with Gasteiger partial charge in [-0.15, -0.1) is 0 Å². The zero-order valence-corrected chi connectivity index (χ0v) is 17.2. The second kappa shape index (κ2) is 8.94. The van der Waals surface area contributed by atoms with Gasteiger partial charge in [-0.1, -0.05) is 29.3 Å². The van der Waals surface area contributed by atoms with Crippen LogP contribution in [0.2, 0.25) is 5.02 Å². The molecule has 0 unspecified atom stereocenters. The smallest absolute Gasteiger partial charge is 0.260 e. The Balaban J connectivity index is 1.47. The van der Waals surface area contributed by atoms with E-state index < -0.39 is 10.0 Å². The molecule has 6 nitrogen and oxygen atoms in total. The largest absolute Gasteiger partial charge is 0.484 e. The number of halogens is 1. The second-order valence-corrected chi connectivity index (χ2v) is 8.98. The number of nitrogens with one attached hydrogen (secondary N) is 1. The van der Waals surface area contributed by atoms with Gasteiger partial charge < -0.3 is 9.64 Å². The summed E-state index contributed by atoms with van der Waals surface area (Å²) in [5, 5.41) is 0.485. The molecule has 0 saturated carbocycles. The van der Waals surface area contributed by atoms with E-state index in [1.54, 1.807) is 17.0 Å². The summed E-state index contributed by atoms with van der Waals surface area (Å²) in [6.45, 7) is 2.94. The van der Waals surface area contributed by atoms with E-state index in [2.05, 4.69) is 4.72 Å². The predicted molar refractivity (Wildman–Crippen MR) is 108 cm³/mol. The molecule has 3 rings (SSSR count). The van der Waals surface area contributed by atoms with E-state index in [0.717, 1.165) is 5.56 Å². The van der Waals surface area contributed by atoms with Crippen LogP contribution in [0.3, 0.4) is 0 Å². The average molecular weight is 423 g/mol. The lowest BCUT2D eigenvalue weighted by Gasteiger charge is -2.32. The normalized spacial score (nSPS) is 15.4. The van der Waals surface area contributed by atoms with Crippen LogP contribution >= 0.6 is 11.6 Å². The van der Waals surface area contributed by atoms with Gasteiger partial charge >= 0.3 is 0 Å². The molecule has 0 atom stereocenters. The average Bonchev–Trinajstić information content (AvgIpc) is 2.68. The third kappa shape index (κ3) is 5.47. The van der Waals surface area contributed by atoms with E-state index in [0.29, 0.717) is 36.7 Å². The van der Waals surface area contributed by atoms with Gasteiger partial charge in [0.1, 0.15) is 5.75 Å². The van der Waals surface area contributed by atoms with Crippen LogP contribution in [0.15, 0.2) is 53.4 Å². The van der Waals surface area contributed by atoms with Crippen molar-refractivity contribution in [2.75, 3.05) is 19.7 Å². The summed E-state index contributed by atoms with van der Waals surface area (Å²) in [6, 6.07) is 13.4. The van der Waals surface area contributed by atoms with Gasteiger partial charge in [0, 0.05) is 24.2 Å². The molecule has 1 fully saturated rings. The van der Waals surface area contributed by atoms with Gasteiger partial charge in [0.25, 0.3) is 5.91 Å². The number of piperidine rings is 1. The van der Waals surface area contributed by atoms with Crippen molar-refractivity contribution < 1.29 is 17.9 Å². The maximum absolute atomic E-state index is 12.5. The Morgan fingerprint density at radius 1 is 1.11 bits per heavy atom. The number of benzene rings is 2. The zero-order valence-electron chi connectivity index (χ0n) is 15.6. The fourth-order valence-corrected chi connectivity index (χ4v) is 4.45. The molecule has 1 saturated heterocycles. The maximum Gasteiger partial charge on any atom is 0.260 e. The number of nitrogens with zero attached hydrogens (tertiary/aromatic N) is 1. The van der Waals surface area contributed by atoms with Crippen molar-refractivity contribution in [1.29, 1.82) is 0 Å². The molecule has 1 amide bonds. The highest BCUT2D eigenvalue weighted by Gasteiger charge is 2.26. The predicted octanol–water partition coefficient (Wildman–Crippen LogP) is 3.00. The van der Waals surface area contributed by atoms with Crippen molar-refractivity contribution in [2.45, 2.75) is 30.7 Å². The topological polar surface area (TPSA) is 75.7 Å². The van der Waals surface area contributed by atoms with E-state index in [1.807, 2.05) is 31.2 Å². The molecule has 1 heterocycles. The first kappa shape index (κ1) is 20.6. The fraction of sp³-hybridized carbons (Fsp3) is 0.350. The molecular formula is C20H23ClN2O4S. The first-order valence-corrected chi connectivity index (χ1v) is 10.9. The number of rotatable bonds is 6. The molecule has 0 aromatic heterocycles. The Kier molecular flexibility index (Phi) is 6.59. The molecule has 2 aromatic rings. The molecule has 1 aliphatic rings. The Morgan fingerprint density at radius 2 is 1.71 bits per heavy atom. The van der Waals surface area contributed by atoms with Crippen LogP contribution in [0.25, 0.3) is 0 Å². The van der Waals surface area contributed by atoms with Crippen molar-refractivity contribution in [2.24, 2.45) is 0 Å².